The molecule has 1 amide bonds. The molecule has 6 nitrogen and oxygen atoms in total. The molecule has 2 aromatic heterocycles. The Morgan fingerprint density at radius 1 is 1.17 bits per heavy atom. The summed E-state index contributed by atoms with van der Waals surface area (Å²) in [6, 6.07) is 13.3. The molecule has 150 valence electrons. The van der Waals surface area contributed by atoms with Gasteiger partial charge in [0.1, 0.15) is 11.6 Å². The second-order valence-corrected chi connectivity index (χ2v) is 6.61. The van der Waals surface area contributed by atoms with Crippen LogP contribution in [0, 0.1) is 5.82 Å². The van der Waals surface area contributed by atoms with E-state index in [2.05, 4.69) is 20.5 Å². The number of aromatic nitrogens is 3. The predicted octanol–water partition coefficient (Wildman–Crippen LogP) is 4.21. The van der Waals surface area contributed by atoms with Crippen LogP contribution < -0.4 is 10.1 Å². The van der Waals surface area contributed by atoms with Gasteiger partial charge in [-0.1, -0.05) is 24.3 Å². The van der Waals surface area contributed by atoms with E-state index in [4.69, 9.17) is 4.74 Å². The van der Waals surface area contributed by atoms with Crippen molar-refractivity contribution >= 4 is 29.0 Å². The second kappa shape index (κ2) is 8.57. The molecule has 0 unspecified atom stereocenters. The summed E-state index contributed by atoms with van der Waals surface area (Å²) in [5.41, 5.74) is 3.51. The molecule has 4 rings (SSSR count). The van der Waals surface area contributed by atoms with Crippen LogP contribution in [0.4, 0.5) is 4.39 Å². The number of halogens is 1. The minimum atomic E-state index is -0.289. The number of amides is 1. The summed E-state index contributed by atoms with van der Waals surface area (Å²) in [5, 5.41) is 10.8. The molecule has 0 bridgehead atoms. The first-order chi connectivity index (χ1) is 14.7. The summed E-state index contributed by atoms with van der Waals surface area (Å²) in [5.74, 6) is -0.112. The minimum Gasteiger partial charge on any atom is -0.495 e. The van der Waals surface area contributed by atoms with Crippen LogP contribution in [-0.2, 0) is 6.54 Å². The van der Waals surface area contributed by atoms with Gasteiger partial charge < -0.3 is 10.1 Å². The summed E-state index contributed by atoms with van der Waals surface area (Å²) in [6.45, 7) is 0.358. The summed E-state index contributed by atoms with van der Waals surface area (Å²) in [4.78, 5) is 16.8. The topological polar surface area (TPSA) is 79.9 Å². The van der Waals surface area contributed by atoms with Gasteiger partial charge in [-0.3, -0.25) is 14.9 Å². The zero-order valence-electron chi connectivity index (χ0n) is 16.2. The fraction of sp³-hybridized carbons (Fsp3) is 0.0870. The number of hydrogen-bond acceptors (Lipinski definition) is 4. The second-order valence-electron chi connectivity index (χ2n) is 6.61. The number of hydrogen-bond donors (Lipinski definition) is 2. The molecule has 2 aromatic carbocycles. The van der Waals surface area contributed by atoms with E-state index in [9.17, 15) is 9.18 Å². The number of carbonyl (C=O) groups is 1. The van der Waals surface area contributed by atoms with Crippen LogP contribution in [0.1, 0.15) is 27.2 Å². The van der Waals surface area contributed by atoms with Gasteiger partial charge in [0.05, 0.1) is 29.3 Å². The maximum Gasteiger partial charge on any atom is 0.255 e. The standard InChI is InChI=1S/C23H19FN4O2/c1-30-22-18(23(29)26-14-16-3-2-12-25-13-16)9-11-20-21(22)19(27-28-20)10-6-15-4-7-17(24)8-5-15/h2-13H,14H2,1H3,(H,26,29)(H,27,28)/b10-6+. The largest absolute Gasteiger partial charge is 0.495 e. The molecule has 0 aliphatic heterocycles. The molecule has 4 aromatic rings. The van der Waals surface area contributed by atoms with Crippen molar-refractivity contribution in [3.05, 3.63) is 89.1 Å². The van der Waals surface area contributed by atoms with Crippen molar-refractivity contribution < 1.29 is 13.9 Å². The van der Waals surface area contributed by atoms with E-state index in [1.54, 1.807) is 36.7 Å². The van der Waals surface area contributed by atoms with E-state index in [1.807, 2.05) is 24.3 Å². The SMILES string of the molecule is COc1c(C(=O)NCc2cccnc2)ccc2n[nH]c(/C=C/c3ccc(F)cc3)c12. The Morgan fingerprint density at radius 2 is 2.00 bits per heavy atom. The number of carbonyl (C=O) groups excluding carboxylic acids is 1. The van der Waals surface area contributed by atoms with Gasteiger partial charge in [0.2, 0.25) is 0 Å². The van der Waals surface area contributed by atoms with Crippen LogP contribution in [0.15, 0.2) is 60.9 Å². The molecule has 0 atom stereocenters. The molecule has 0 aliphatic rings. The number of H-pyrrole nitrogens is 1. The lowest BCUT2D eigenvalue weighted by atomic mass is 10.1. The van der Waals surface area contributed by atoms with Gasteiger partial charge in [-0.2, -0.15) is 5.10 Å². The van der Waals surface area contributed by atoms with Crippen molar-refractivity contribution in [2.75, 3.05) is 7.11 Å². The maximum absolute atomic E-state index is 13.1. The molecule has 0 radical (unpaired) electrons. The molecule has 7 heteroatoms. The van der Waals surface area contributed by atoms with Gasteiger partial charge in [-0.25, -0.2) is 4.39 Å². The van der Waals surface area contributed by atoms with Crippen LogP contribution in [0.3, 0.4) is 0 Å². The Hall–Kier alpha value is -4.00. The van der Waals surface area contributed by atoms with E-state index in [0.29, 0.717) is 34.5 Å². The maximum atomic E-state index is 13.1. The van der Waals surface area contributed by atoms with Crippen molar-refractivity contribution in [1.29, 1.82) is 0 Å². The number of benzene rings is 2. The molecule has 2 heterocycles. The number of aromatic amines is 1. The number of nitrogens with one attached hydrogen (secondary N) is 2. The third-order valence-corrected chi connectivity index (χ3v) is 4.64. The smallest absolute Gasteiger partial charge is 0.255 e. The van der Waals surface area contributed by atoms with Crippen LogP contribution in [-0.4, -0.2) is 28.2 Å². The number of methoxy groups -OCH3 is 1. The zero-order chi connectivity index (χ0) is 20.9. The number of pyridine rings is 1. The number of rotatable bonds is 6. The average Bonchev–Trinajstić information content (AvgIpc) is 3.20. The molecule has 2 N–H and O–H groups in total. The third-order valence-electron chi connectivity index (χ3n) is 4.64. The van der Waals surface area contributed by atoms with Gasteiger partial charge in [0.25, 0.3) is 5.91 Å². The fourth-order valence-corrected chi connectivity index (χ4v) is 3.15. The Balaban J connectivity index is 1.64. The minimum absolute atomic E-state index is 0.257. The highest BCUT2D eigenvalue weighted by atomic mass is 19.1. The molecule has 0 saturated carbocycles. The van der Waals surface area contributed by atoms with E-state index < -0.39 is 0 Å². The summed E-state index contributed by atoms with van der Waals surface area (Å²) >= 11 is 0. The van der Waals surface area contributed by atoms with Crippen LogP contribution >= 0.6 is 0 Å². The van der Waals surface area contributed by atoms with Crippen molar-refractivity contribution in [3.8, 4) is 5.75 Å². The summed E-state index contributed by atoms with van der Waals surface area (Å²) < 4.78 is 18.7. The van der Waals surface area contributed by atoms with Crippen molar-refractivity contribution in [2.45, 2.75) is 6.54 Å². The molecular formula is C23H19FN4O2. The van der Waals surface area contributed by atoms with Gasteiger partial charge in [-0.05, 0) is 47.5 Å². The third kappa shape index (κ3) is 4.05. The van der Waals surface area contributed by atoms with E-state index >= 15 is 0 Å². The van der Waals surface area contributed by atoms with Crippen LogP contribution in [0.25, 0.3) is 23.1 Å². The lowest BCUT2D eigenvalue weighted by Crippen LogP contribution is -2.23. The molecule has 0 spiro atoms. The first-order valence-electron chi connectivity index (χ1n) is 9.31. The van der Waals surface area contributed by atoms with Gasteiger partial charge >= 0.3 is 0 Å². The van der Waals surface area contributed by atoms with Crippen LogP contribution in [0.2, 0.25) is 0 Å². The first kappa shape index (κ1) is 19.3. The number of fused-ring (bicyclic) bond motifs is 1. The van der Waals surface area contributed by atoms with Crippen LogP contribution in [0.5, 0.6) is 5.75 Å². The van der Waals surface area contributed by atoms with E-state index in [-0.39, 0.29) is 11.7 Å². The molecule has 0 fully saturated rings. The normalized spacial score (nSPS) is 11.1. The summed E-state index contributed by atoms with van der Waals surface area (Å²) in [7, 11) is 1.52. The monoisotopic (exact) mass is 402 g/mol. The average molecular weight is 402 g/mol. The quantitative estimate of drug-likeness (QED) is 0.506. The van der Waals surface area contributed by atoms with Crippen molar-refractivity contribution in [3.63, 3.8) is 0 Å². The highest BCUT2D eigenvalue weighted by Gasteiger charge is 2.18. The van der Waals surface area contributed by atoms with E-state index in [1.165, 1.54) is 19.2 Å². The van der Waals surface area contributed by atoms with Crippen molar-refractivity contribution in [1.82, 2.24) is 20.5 Å². The molecule has 30 heavy (non-hydrogen) atoms. The molecular weight excluding hydrogens is 383 g/mol. The van der Waals surface area contributed by atoms with Crippen molar-refractivity contribution in [2.24, 2.45) is 0 Å². The number of nitrogens with zero attached hydrogens (tertiary/aromatic N) is 2. The fourth-order valence-electron chi connectivity index (χ4n) is 3.15. The summed E-state index contributed by atoms with van der Waals surface area (Å²) in [6.07, 6.45) is 7.04. The lowest BCUT2D eigenvalue weighted by molar-refractivity contribution is 0.0948. The van der Waals surface area contributed by atoms with Gasteiger partial charge in [0.15, 0.2) is 0 Å². The Kier molecular flexibility index (Phi) is 5.52. The Morgan fingerprint density at radius 3 is 2.73 bits per heavy atom. The number of ether oxygens (including phenoxy) is 1. The predicted molar refractivity (Wildman–Crippen MR) is 113 cm³/mol. The molecule has 0 saturated heterocycles. The Labute approximate surface area is 172 Å². The first-order valence-corrected chi connectivity index (χ1v) is 9.31. The Bertz CT molecular complexity index is 1200. The molecule has 0 aliphatic carbocycles. The zero-order valence-corrected chi connectivity index (χ0v) is 16.2. The van der Waals surface area contributed by atoms with E-state index in [0.717, 1.165) is 11.1 Å². The lowest BCUT2D eigenvalue weighted by Gasteiger charge is -2.11. The highest BCUT2D eigenvalue weighted by molar-refractivity contribution is 6.05. The van der Waals surface area contributed by atoms with Gasteiger partial charge in [-0.15, -0.1) is 0 Å². The highest BCUT2D eigenvalue weighted by Crippen LogP contribution is 2.32. The van der Waals surface area contributed by atoms with Gasteiger partial charge in [0, 0.05) is 18.9 Å².